The molecule has 0 saturated carbocycles. The van der Waals surface area contributed by atoms with Gasteiger partial charge in [0.1, 0.15) is 29.4 Å². The van der Waals surface area contributed by atoms with E-state index >= 15 is 4.39 Å². The molecule has 7 nitrogen and oxygen atoms in total. The molecule has 9 heteroatoms. The number of amides is 1. The lowest BCUT2D eigenvalue weighted by Crippen LogP contribution is -2.58. The molecule has 5 rings (SSSR count). The van der Waals surface area contributed by atoms with Crippen LogP contribution in [0, 0.1) is 11.6 Å². The summed E-state index contributed by atoms with van der Waals surface area (Å²) in [5, 5.41) is 0.668. The van der Waals surface area contributed by atoms with Crippen LogP contribution in [0.5, 0.6) is 0 Å². The van der Waals surface area contributed by atoms with E-state index in [1.807, 2.05) is 11.8 Å². The van der Waals surface area contributed by atoms with Crippen molar-refractivity contribution in [2.45, 2.75) is 32.4 Å². The number of fused-ring (bicyclic) bond motifs is 1. The molecule has 192 valence electrons. The number of hydrogen-bond donors (Lipinski definition) is 0. The predicted molar refractivity (Wildman–Crippen MR) is 139 cm³/mol. The van der Waals surface area contributed by atoms with Crippen LogP contribution in [0.15, 0.2) is 61.1 Å². The molecule has 0 spiro atoms. The molecule has 1 unspecified atom stereocenters. The molecule has 1 saturated heterocycles. The minimum atomic E-state index is -0.918. The molecule has 2 aromatic heterocycles. The van der Waals surface area contributed by atoms with Gasteiger partial charge in [-0.3, -0.25) is 4.79 Å². The van der Waals surface area contributed by atoms with Crippen molar-refractivity contribution in [3.8, 4) is 16.8 Å². The van der Waals surface area contributed by atoms with E-state index in [1.165, 1.54) is 31.6 Å². The van der Waals surface area contributed by atoms with Crippen molar-refractivity contribution in [3.05, 3.63) is 72.7 Å². The Kier molecular flexibility index (Phi) is 6.41. The number of aromatic nitrogens is 3. The predicted octanol–water partition coefficient (Wildman–Crippen LogP) is 4.83. The number of carbonyl (C=O) groups is 1. The highest BCUT2D eigenvalue weighted by molar-refractivity contribution is 6.02. The summed E-state index contributed by atoms with van der Waals surface area (Å²) in [5.74, 6) is -0.182. The normalized spacial score (nSPS) is 16.4. The number of carbonyl (C=O) groups excluding carboxylic acids is 1. The summed E-state index contributed by atoms with van der Waals surface area (Å²) in [6, 6.07) is 12.6. The van der Waals surface area contributed by atoms with Crippen molar-refractivity contribution in [1.29, 1.82) is 0 Å². The van der Waals surface area contributed by atoms with Gasteiger partial charge in [-0.1, -0.05) is 24.3 Å². The number of methoxy groups -OCH3 is 1. The van der Waals surface area contributed by atoms with Crippen molar-refractivity contribution in [1.82, 2.24) is 19.4 Å². The molecule has 1 amide bonds. The van der Waals surface area contributed by atoms with E-state index in [4.69, 9.17) is 4.74 Å². The first-order chi connectivity index (χ1) is 17.7. The Labute approximate surface area is 214 Å². The maximum absolute atomic E-state index is 15.0. The lowest BCUT2D eigenvalue weighted by atomic mass is 10.0. The zero-order chi connectivity index (χ0) is 26.3. The van der Waals surface area contributed by atoms with Gasteiger partial charge in [-0.15, -0.1) is 0 Å². The molecule has 0 radical (unpaired) electrons. The van der Waals surface area contributed by atoms with Gasteiger partial charge in [-0.05, 0) is 45.0 Å². The Bertz CT molecular complexity index is 1470. The number of rotatable bonds is 5. The lowest BCUT2D eigenvalue weighted by Gasteiger charge is -2.43. The second-order valence-corrected chi connectivity index (χ2v) is 9.78. The SMILES string of the molecule is COC(C)(C)C(=O)N1CCN(c2ncnc3c2c(-c2ccccc2F)cn3-c2cccc(F)c2)CC1C. The Balaban J connectivity index is 1.62. The summed E-state index contributed by atoms with van der Waals surface area (Å²) < 4.78 is 36.3. The first-order valence-electron chi connectivity index (χ1n) is 12.2. The zero-order valence-corrected chi connectivity index (χ0v) is 21.3. The molecule has 37 heavy (non-hydrogen) atoms. The van der Waals surface area contributed by atoms with Gasteiger partial charge in [0.2, 0.25) is 0 Å². The number of benzene rings is 2. The molecule has 1 fully saturated rings. The van der Waals surface area contributed by atoms with Crippen molar-refractivity contribution in [2.75, 3.05) is 31.6 Å². The topological polar surface area (TPSA) is 63.5 Å². The molecular formula is C28H29F2N5O2. The van der Waals surface area contributed by atoms with E-state index in [0.29, 0.717) is 53.3 Å². The molecule has 2 aromatic carbocycles. The largest absolute Gasteiger partial charge is 0.369 e. The fourth-order valence-electron chi connectivity index (χ4n) is 4.88. The zero-order valence-electron chi connectivity index (χ0n) is 21.3. The Morgan fingerprint density at radius 1 is 1.05 bits per heavy atom. The van der Waals surface area contributed by atoms with Crippen molar-refractivity contribution in [3.63, 3.8) is 0 Å². The van der Waals surface area contributed by atoms with Crippen LogP contribution in [-0.4, -0.2) is 63.7 Å². The second-order valence-electron chi connectivity index (χ2n) is 9.78. The van der Waals surface area contributed by atoms with Crippen LogP contribution in [0.2, 0.25) is 0 Å². The summed E-state index contributed by atoms with van der Waals surface area (Å²) in [6.07, 6.45) is 3.25. The molecule has 3 heterocycles. The minimum absolute atomic E-state index is 0.0701. The van der Waals surface area contributed by atoms with Gasteiger partial charge in [0, 0.05) is 55.8 Å². The first kappa shape index (κ1) is 24.8. The third-order valence-corrected chi connectivity index (χ3v) is 7.03. The third-order valence-electron chi connectivity index (χ3n) is 7.03. The van der Waals surface area contributed by atoms with E-state index in [-0.39, 0.29) is 23.6 Å². The number of piperazine rings is 1. The Hall–Kier alpha value is -3.85. The average molecular weight is 506 g/mol. The highest BCUT2D eigenvalue weighted by Gasteiger charge is 2.37. The van der Waals surface area contributed by atoms with E-state index in [0.717, 1.165) is 0 Å². The van der Waals surface area contributed by atoms with Gasteiger partial charge < -0.3 is 19.1 Å². The van der Waals surface area contributed by atoms with Crippen LogP contribution in [0.3, 0.4) is 0 Å². The second kappa shape index (κ2) is 9.55. The van der Waals surface area contributed by atoms with Gasteiger partial charge in [0.05, 0.1) is 5.39 Å². The van der Waals surface area contributed by atoms with Gasteiger partial charge in [0.15, 0.2) is 5.65 Å². The van der Waals surface area contributed by atoms with Crippen LogP contribution in [0.1, 0.15) is 20.8 Å². The van der Waals surface area contributed by atoms with Gasteiger partial charge >= 0.3 is 0 Å². The molecule has 0 N–H and O–H groups in total. The summed E-state index contributed by atoms with van der Waals surface area (Å²) >= 11 is 0. The maximum Gasteiger partial charge on any atom is 0.254 e. The smallest absolute Gasteiger partial charge is 0.254 e. The van der Waals surface area contributed by atoms with E-state index in [1.54, 1.807) is 54.9 Å². The number of hydrogen-bond acceptors (Lipinski definition) is 5. The van der Waals surface area contributed by atoms with Crippen molar-refractivity contribution < 1.29 is 18.3 Å². The molecule has 1 atom stereocenters. The summed E-state index contributed by atoms with van der Waals surface area (Å²) in [7, 11) is 1.53. The molecule has 1 aliphatic rings. The Morgan fingerprint density at radius 3 is 2.54 bits per heavy atom. The van der Waals surface area contributed by atoms with E-state index in [2.05, 4.69) is 14.9 Å². The summed E-state index contributed by atoms with van der Waals surface area (Å²) in [5.41, 5.74) is 1.21. The van der Waals surface area contributed by atoms with Crippen molar-refractivity contribution >= 4 is 22.8 Å². The summed E-state index contributed by atoms with van der Waals surface area (Å²) in [6.45, 7) is 7.06. The minimum Gasteiger partial charge on any atom is -0.369 e. The third kappa shape index (κ3) is 4.44. The van der Waals surface area contributed by atoms with E-state index < -0.39 is 5.60 Å². The molecule has 4 aromatic rings. The molecular weight excluding hydrogens is 476 g/mol. The summed E-state index contributed by atoms with van der Waals surface area (Å²) in [4.78, 5) is 26.1. The van der Waals surface area contributed by atoms with Gasteiger partial charge in [-0.25, -0.2) is 18.7 Å². The fraction of sp³-hybridized carbons (Fsp3) is 0.321. The van der Waals surface area contributed by atoms with Crippen LogP contribution >= 0.6 is 0 Å². The van der Waals surface area contributed by atoms with E-state index in [9.17, 15) is 9.18 Å². The fourth-order valence-corrected chi connectivity index (χ4v) is 4.88. The molecule has 0 aliphatic carbocycles. The van der Waals surface area contributed by atoms with Gasteiger partial charge in [0.25, 0.3) is 5.91 Å². The number of ether oxygens (including phenoxy) is 1. The highest BCUT2D eigenvalue weighted by Crippen LogP contribution is 2.38. The van der Waals surface area contributed by atoms with Crippen LogP contribution in [-0.2, 0) is 9.53 Å². The van der Waals surface area contributed by atoms with Crippen LogP contribution in [0.25, 0.3) is 27.8 Å². The monoisotopic (exact) mass is 505 g/mol. The number of anilines is 1. The maximum atomic E-state index is 15.0. The Morgan fingerprint density at radius 2 is 1.84 bits per heavy atom. The van der Waals surface area contributed by atoms with Crippen LogP contribution < -0.4 is 4.90 Å². The quantitative estimate of drug-likeness (QED) is 0.389. The molecule has 1 aliphatic heterocycles. The van der Waals surface area contributed by atoms with Gasteiger partial charge in [-0.2, -0.15) is 0 Å². The first-order valence-corrected chi connectivity index (χ1v) is 12.2. The molecule has 0 bridgehead atoms. The highest BCUT2D eigenvalue weighted by atomic mass is 19.1. The standard InChI is InChI=1S/C28H29F2N5O2/c1-18-15-33(12-13-34(18)27(36)28(2,3)37-4)25-24-22(21-10-5-6-11-23(21)30)16-35(26(24)32-17-31-25)20-9-7-8-19(29)14-20/h5-11,14,16-18H,12-13,15H2,1-4H3. The number of nitrogens with zero attached hydrogens (tertiary/aromatic N) is 5. The lowest BCUT2D eigenvalue weighted by molar-refractivity contribution is -0.153. The van der Waals surface area contributed by atoms with Crippen molar-refractivity contribution in [2.24, 2.45) is 0 Å². The number of halogens is 2. The van der Waals surface area contributed by atoms with Crippen LogP contribution in [0.4, 0.5) is 14.6 Å². The average Bonchev–Trinajstić information content (AvgIpc) is 3.28.